The fourth-order valence-corrected chi connectivity index (χ4v) is 4.18. The van der Waals surface area contributed by atoms with E-state index in [4.69, 9.17) is 24.4 Å². The minimum Gasteiger partial charge on any atom is -0.497 e. The molecule has 0 N–H and O–H groups in total. The van der Waals surface area contributed by atoms with Gasteiger partial charge in [-0.15, -0.1) is 0 Å². The van der Waals surface area contributed by atoms with Crippen LogP contribution in [0.1, 0.15) is 35.9 Å². The molecule has 0 atom stereocenters. The summed E-state index contributed by atoms with van der Waals surface area (Å²) in [5.41, 5.74) is 7.11. The van der Waals surface area contributed by atoms with Gasteiger partial charge in [0.15, 0.2) is 5.65 Å². The molecular formula is C23H29N5O3. The molecule has 8 heteroatoms. The van der Waals surface area contributed by atoms with Crippen LogP contribution in [0.2, 0.25) is 0 Å². The van der Waals surface area contributed by atoms with Gasteiger partial charge in [-0.2, -0.15) is 9.61 Å². The lowest BCUT2D eigenvalue weighted by atomic mass is 10.0. The molecule has 0 amide bonds. The molecule has 4 rings (SSSR count). The van der Waals surface area contributed by atoms with Gasteiger partial charge in [-0.3, -0.25) is 0 Å². The number of nitrogens with zero attached hydrogens (tertiary/aromatic N) is 5. The molecule has 1 aliphatic heterocycles. The molecule has 0 aliphatic carbocycles. The fraction of sp³-hybridized carbons (Fsp3) is 0.435. The number of methoxy groups -OCH3 is 1. The molecule has 31 heavy (non-hydrogen) atoms. The number of oxime groups is 1. The Bertz CT molecular complexity index is 1120. The van der Waals surface area contributed by atoms with E-state index >= 15 is 0 Å². The van der Waals surface area contributed by atoms with Crippen molar-refractivity contribution in [2.75, 3.05) is 32.2 Å². The standard InChI is InChI=1S/C23H29N5O3/c1-6-10-27(11-9-24-30-5)23-19-13-31-14-20(19)25-22-21(16(3)26-28(22)23)18-8-7-17(29-4)12-15(18)2/h7-9,12H,6,10-11,13-14H2,1-5H3/b24-9+. The van der Waals surface area contributed by atoms with Crippen LogP contribution in [-0.4, -0.2) is 48.1 Å². The van der Waals surface area contributed by atoms with E-state index in [1.54, 1.807) is 20.4 Å². The first kappa shape index (κ1) is 21.1. The maximum Gasteiger partial charge on any atom is 0.165 e. The Labute approximate surface area is 182 Å². The predicted molar refractivity (Wildman–Crippen MR) is 121 cm³/mol. The van der Waals surface area contributed by atoms with Gasteiger partial charge < -0.3 is 19.2 Å². The van der Waals surface area contributed by atoms with Gasteiger partial charge in [-0.1, -0.05) is 18.1 Å². The second-order valence-corrected chi connectivity index (χ2v) is 7.65. The van der Waals surface area contributed by atoms with Crippen molar-refractivity contribution in [1.82, 2.24) is 14.6 Å². The van der Waals surface area contributed by atoms with Gasteiger partial charge in [0.25, 0.3) is 0 Å². The zero-order valence-electron chi connectivity index (χ0n) is 18.8. The lowest BCUT2D eigenvalue weighted by Gasteiger charge is -2.25. The minimum atomic E-state index is 0.510. The molecular weight excluding hydrogens is 394 g/mol. The highest BCUT2D eigenvalue weighted by molar-refractivity contribution is 5.84. The first-order valence-corrected chi connectivity index (χ1v) is 10.5. The van der Waals surface area contributed by atoms with E-state index in [1.165, 1.54) is 0 Å². The van der Waals surface area contributed by atoms with Crippen molar-refractivity contribution in [3.63, 3.8) is 0 Å². The van der Waals surface area contributed by atoms with Gasteiger partial charge in [0.2, 0.25) is 0 Å². The smallest absolute Gasteiger partial charge is 0.165 e. The van der Waals surface area contributed by atoms with Crippen LogP contribution in [0, 0.1) is 13.8 Å². The Balaban J connectivity index is 1.94. The number of ether oxygens (including phenoxy) is 2. The number of benzene rings is 1. The Morgan fingerprint density at radius 1 is 1.26 bits per heavy atom. The summed E-state index contributed by atoms with van der Waals surface area (Å²) in [6, 6.07) is 6.10. The van der Waals surface area contributed by atoms with Gasteiger partial charge >= 0.3 is 0 Å². The van der Waals surface area contributed by atoms with Crippen molar-refractivity contribution in [3.8, 4) is 16.9 Å². The highest BCUT2D eigenvalue weighted by Crippen LogP contribution is 2.37. The van der Waals surface area contributed by atoms with Gasteiger partial charge in [-0.05, 0) is 43.5 Å². The SMILES string of the molecule is CCCN(C/C=N/OC)c1c2c(nc3c(-c4ccc(OC)cc4C)c(C)nn13)COC2. The molecule has 0 saturated heterocycles. The third-order valence-electron chi connectivity index (χ3n) is 5.56. The summed E-state index contributed by atoms with van der Waals surface area (Å²) in [5.74, 6) is 1.85. The van der Waals surface area contributed by atoms with Crippen LogP contribution in [0.3, 0.4) is 0 Å². The Morgan fingerprint density at radius 2 is 2.10 bits per heavy atom. The molecule has 0 spiro atoms. The zero-order valence-corrected chi connectivity index (χ0v) is 18.8. The van der Waals surface area contributed by atoms with Crippen LogP contribution < -0.4 is 9.64 Å². The second kappa shape index (κ2) is 8.93. The average Bonchev–Trinajstić information content (AvgIpc) is 3.35. The molecule has 0 radical (unpaired) electrons. The quantitative estimate of drug-likeness (QED) is 0.404. The largest absolute Gasteiger partial charge is 0.497 e. The summed E-state index contributed by atoms with van der Waals surface area (Å²) in [7, 11) is 3.23. The lowest BCUT2D eigenvalue weighted by molar-refractivity contribution is 0.133. The molecule has 0 unspecified atom stereocenters. The average molecular weight is 424 g/mol. The molecule has 3 aromatic rings. The van der Waals surface area contributed by atoms with Crippen LogP contribution in [0.5, 0.6) is 5.75 Å². The molecule has 0 saturated carbocycles. The zero-order chi connectivity index (χ0) is 22.0. The van der Waals surface area contributed by atoms with Crippen molar-refractivity contribution < 1.29 is 14.3 Å². The van der Waals surface area contributed by atoms with E-state index in [0.29, 0.717) is 19.8 Å². The highest BCUT2D eigenvalue weighted by Gasteiger charge is 2.27. The molecule has 0 fully saturated rings. The summed E-state index contributed by atoms with van der Waals surface area (Å²) in [5, 5.41) is 8.87. The van der Waals surface area contributed by atoms with Crippen molar-refractivity contribution in [3.05, 3.63) is 40.7 Å². The van der Waals surface area contributed by atoms with E-state index in [2.05, 4.69) is 30.0 Å². The van der Waals surface area contributed by atoms with Gasteiger partial charge in [-0.25, -0.2) is 4.98 Å². The molecule has 164 valence electrons. The van der Waals surface area contributed by atoms with Gasteiger partial charge in [0.1, 0.15) is 18.7 Å². The molecule has 0 bridgehead atoms. The number of fused-ring (bicyclic) bond motifs is 2. The van der Waals surface area contributed by atoms with Crippen molar-refractivity contribution >= 4 is 17.7 Å². The topological polar surface area (TPSA) is 73.5 Å². The Morgan fingerprint density at radius 3 is 2.81 bits per heavy atom. The lowest BCUT2D eigenvalue weighted by Crippen LogP contribution is -2.30. The van der Waals surface area contributed by atoms with E-state index < -0.39 is 0 Å². The Kier molecular flexibility index (Phi) is 6.08. The summed E-state index contributed by atoms with van der Waals surface area (Å²) in [4.78, 5) is 12.1. The molecule has 8 nitrogen and oxygen atoms in total. The maximum atomic E-state index is 5.77. The monoisotopic (exact) mass is 423 g/mol. The first-order chi connectivity index (χ1) is 15.1. The predicted octanol–water partition coefficient (Wildman–Crippen LogP) is 3.90. The van der Waals surface area contributed by atoms with E-state index in [-0.39, 0.29) is 0 Å². The van der Waals surface area contributed by atoms with Crippen molar-refractivity contribution in [1.29, 1.82) is 0 Å². The van der Waals surface area contributed by atoms with Crippen molar-refractivity contribution in [2.24, 2.45) is 5.16 Å². The third kappa shape index (κ3) is 3.83. The Hall–Kier alpha value is -3.13. The van der Waals surface area contributed by atoms with E-state index in [9.17, 15) is 0 Å². The summed E-state index contributed by atoms with van der Waals surface area (Å²) < 4.78 is 13.1. The maximum absolute atomic E-state index is 5.77. The second-order valence-electron chi connectivity index (χ2n) is 7.65. The molecule has 1 aliphatic rings. The summed E-state index contributed by atoms with van der Waals surface area (Å²) in [6.45, 7) is 8.80. The van der Waals surface area contributed by atoms with Gasteiger partial charge in [0.05, 0.1) is 44.5 Å². The van der Waals surface area contributed by atoms with Crippen LogP contribution in [0.25, 0.3) is 16.8 Å². The number of anilines is 1. The number of hydrogen-bond donors (Lipinski definition) is 0. The third-order valence-corrected chi connectivity index (χ3v) is 5.56. The van der Waals surface area contributed by atoms with Gasteiger partial charge in [0, 0.05) is 17.7 Å². The minimum absolute atomic E-state index is 0.510. The molecule has 1 aromatic carbocycles. The summed E-state index contributed by atoms with van der Waals surface area (Å²) >= 11 is 0. The molecule has 3 heterocycles. The van der Waals surface area contributed by atoms with E-state index in [1.807, 2.05) is 23.6 Å². The van der Waals surface area contributed by atoms with Crippen LogP contribution in [0.15, 0.2) is 23.4 Å². The van der Waals surface area contributed by atoms with Crippen LogP contribution in [0.4, 0.5) is 5.82 Å². The van der Waals surface area contributed by atoms with Crippen LogP contribution >= 0.6 is 0 Å². The van der Waals surface area contributed by atoms with E-state index in [0.717, 1.165) is 63.8 Å². The molecule has 2 aromatic heterocycles. The van der Waals surface area contributed by atoms with Crippen molar-refractivity contribution in [2.45, 2.75) is 40.4 Å². The fourth-order valence-electron chi connectivity index (χ4n) is 4.18. The number of hydrogen-bond acceptors (Lipinski definition) is 7. The number of aromatic nitrogens is 3. The normalized spacial score (nSPS) is 13.2. The highest BCUT2D eigenvalue weighted by atomic mass is 16.6. The number of rotatable bonds is 8. The van der Waals surface area contributed by atoms with Crippen LogP contribution in [-0.2, 0) is 22.8 Å². The summed E-state index contributed by atoms with van der Waals surface area (Å²) in [6.07, 6.45) is 2.76. The number of aryl methyl sites for hydroxylation is 2. The first-order valence-electron chi connectivity index (χ1n) is 10.5.